The van der Waals surface area contributed by atoms with Crippen LogP contribution in [0.5, 0.6) is 0 Å². The minimum Gasteiger partial charge on any atom is -0.465 e. The summed E-state index contributed by atoms with van der Waals surface area (Å²) in [5.74, 6) is -4.13. The minimum atomic E-state index is -3.19. The Hall–Kier alpha value is -3.62. The number of rotatable bonds is 7. The maximum absolute atomic E-state index is 15.2. The van der Waals surface area contributed by atoms with Crippen molar-refractivity contribution < 1.29 is 22.7 Å². The van der Waals surface area contributed by atoms with E-state index in [-0.39, 0.29) is 22.6 Å². The Morgan fingerprint density at radius 1 is 1.26 bits per heavy atom. The normalized spacial score (nSPS) is 14.1. The van der Waals surface area contributed by atoms with Crippen LogP contribution in [0.2, 0.25) is 0 Å². The van der Waals surface area contributed by atoms with E-state index in [1.54, 1.807) is 10.6 Å². The van der Waals surface area contributed by atoms with Gasteiger partial charge in [-0.3, -0.25) is 0 Å². The lowest BCUT2D eigenvalue weighted by atomic mass is 10.2. The molecule has 0 N–H and O–H groups in total. The molecule has 0 aliphatic heterocycles. The Morgan fingerprint density at radius 3 is 2.68 bits per heavy atom. The highest BCUT2D eigenvalue weighted by Crippen LogP contribution is 2.43. The predicted octanol–water partition coefficient (Wildman–Crippen LogP) is 5.70. The molecule has 0 atom stereocenters. The van der Waals surface area contributed by atoms with Crippen molar-refractivity contribution in [2.24, 2.45) is 0 Å². The Balaban J connectivity index is 1.80. The number of nitrogens with zero attached hydrogens (tertiary/aromatic N) is 4. The smallest absolute Gasteiger partial charge is 0.338 e. The number of aromatic nitrogens is 4. The summed E-state index contributed by atoms with van der Waals surface area (Å²) in [6.45, 7) is 4.53. The highest BCUT2D eigenvalue weighted by molar-refractivity contribution is 5.95. The monoisotopic (exact) mass is 468 g/mol. The fraction of sp³-hybridized carbons (Fsp3) is 0.320. The summed E-state index contributed by atoms with van der Waals surface area (Å²) in [6, 6.07) is 8.02. The van der Waals surface area contributed by atoms with Gasteiger partial charge in [-0.25, -0.2) is 27.9 Å². The molecular formula is C25H23F3N4O2. The van der Waals surface area contributed by atoms with E-state index in [9.17, 15) is 13.6 Å². The molecule has 0 bridgehead atoms. The molecule has 6 nitrogen and oxygen atoms in total. The van der Waals surface area contributed by atoms with E-state index in [0.29, 0.717) is 35.0 Å². The van der Waals surface area contributed by atoms with Gasteiger partial charge >= 0.3 is 5.97 Å². The highest BCUT2D eigenvalue weighted by Gasteiger charge is 2.34. The topological polar surface area (TPSA) is 61.9 Å². The lowest BCUT2D eigenvalue weighted by Crippen LogP contribution is -2.22. The van der Waals surface area contributed by atoms with Crippen molar-refractivity contribution in [3.8, 4) is 11.5 Å². The fourth-order valence-corrected chi connectivity index (χ4v) is 4.27. The lowest BCUT2D eigenvalue weighted by molar-refractivity contribution is 0.0379. The first-order chi connectivity index (χ1) is 16.3. The zero-order valence-corrected chi connectivity index (χ0v) is 18.8. The van der Waals surface area contributed by atoms with Gasteiger partial charge in [-0.2, -0.15) is 0 Å². The van der Waals surface area contributed by atoms with Crippen molar-refractivity contribution in [1.82, 2.24) is 19.1 Å². The molecule has 176 valence electrons. The third-order valence-corrected chi connectivity index (χ3v) is 6.13. The molecule has 9 heteroatoms. The molecule has 1 aliphatic rings. The van der Waals surface area contributed by atoms with Gasteiger partial charge in [-0.05, 0) is 55.7 Å². The second-order valence-electron chi connectivity index (χ2n) is 8.50. The highest BCUT2D eigenvalue weighted by atomic mass is 19.3. The van der Waals surface area contributed by atoms with E-state index in [0.717, 1.165) is 24.6 Å². The number of fused-ring (bicyclic) bond motifs is 2. The molecule has 5 rings (SSSR count). The van der Waals surface area contributed by atoms with Crippen molar-refractivity contribution in [3.63, 3.8) is 0 Å². The third-order valence-electron chi connectivity index (χ3n) is 6.13. The number of hydrogen-bond donors (Lipinski definition) is 0. The Kier molecular flexibility index (Phi) is 5.22. The molecule has 0 unspecified atom stereocenters. The summed E-state index contributed by atoms with van der Waals surface area (Å²) in [4.78, 5) is 21.2. The summed E-state index contributed by atoms with van der Waals surface area (Å²) in [5, 5.41) is 0.678. The number of imidazole rings is 1. The molecule has 1 aromatic carbocycles. The van der Waals surface area contributed by atoms with E-state index in [1.807, 2.05) is 19.1 Å². The summed E-state index contributed by atoms with van der Waals surface area (Å²) in [7, 11) is 1.22. The number of carbonyl (C=O) groups is 1. The largest absolute Gasteiger partial charge is 0.465 e. The second-order valence-corrected chi connectivity index (χ2v) is 8.50. The number of carbonyl (C=O) groups excluding carboxylic acids is 1. The van der Waals surface area contributed by atoms with Crippen molar-refractivity contribution in [2.75, 3.05) is 7.11 Å². The van der Waals surface area contributed by atoms with Gasteiger partial charge in [0.25, 0.3) is 5.92 Å². The van der Waals surface area contributed by atoms with Gasteiger partial charge in [0.1, 0.15) is 17.0 Å². The minimum absolute atomic E-state index is 0.0102. The van der Waals surface area contributed by atoms with Crippen molar-refractivity contribution in [3.05, 3.63) is 60.1 Å². The SMILES string of the molecule is C=CC(F)(F)Cn1c(-c2nc3cc(C(=O)OC)cc(F)c3n2C2CC2)cc2ccc(CC)nc21. The molecule has 1 aliphatic carbocycles. The van der Waals surface area contributed by atoms with Crippen LogP contribution in [0, 0.1) is 5.82 Å². The van der Waals surface area contributed by atoms with Crippen molar-refractivity contribution >= 4 is 28.0 Å². The Labute approximate surface area is 193 Å². The number of halogens is 3. The molecule has 1 saturated carbocycles. The molecular weight excluding hydrogens is 445 g/mol. The van der Waals surface area contributed by atoms with Crippen LogP contribution in [0.3, 0.4) is 0 Å². The molecule has 34 heavy (non-hydrogen) atoms. The zero-order valence-electron chi connectivity index (χ0n) is 18.8. The number of allylic oxidation sites excluding steroid dienone is 1. The fourth-order valence-electron chi connectivity index (χ4n) is 4.27. The third kappa shape index (κ3) is 3.65. The number of benzene rings is 1. The van der Waals surface area contributed by atoms with Gasteiger partial charge in [-0.15, -0.1) is 0 Å². The van der Waals surface area contributed by atoms with Crippen molar-refractivity contribution in [1.29, 1.82) is 0 Å². The molecule has 0 saturated heterocycles. The van der Waals surface area contributed by atoms with Crippen LogP contribution in [-0.4, -0.2) is 38.1 Å². The molecule has 3 aromatic heterocycles. The Bertz CT molecular complexity index is 1450. The molecule has 0 amide bonds. The van der Waals surface area contributed by atoms with Crippen LogP contribution in [0.4, 0.5) is 13.2 Å². The zero-order chi connectivity index (χ0) is 24.2. The molecule has 4 aromatic rings. The predicted molar refractivity (Wildman–Crippen MR) is 123 cm³/mol. The summed E-state index contributed by atoms with van der Waals surface area (Å²) < 4.78 is 52.2. The average Bonchev–Trinajstić information content (AvgIpc) is 3.51. The van der Waals surface area contributed by atoms with Crippen molar-refractivity contribution in [2.45, 2.75) is 44.7 Å². The van der Waals surface area contributed by atoms with Gasteiger partial charge in [0, 0.05) is 17.1 Å². The van der Waals surface area contributed by atoms with E-state index in [1.165, 1.54) is 17.7 Å². The number of aryl methyl sites for hydroxylation is 1. The standard InChI is InChI=1S/C25H23F3N4O2/c1-4-16-7-6-14-12-20(31(22(14)29-16)13-25(27,28)5-2)23-30-19-11-15(24(33)34-3)10-18(26)21(19)32(23)17-8-9-17/h5-7,10-12,17H,2,4,8-9,13H2,1,3H3. The molecule has 0 spiro atoms. The quantitative estimate of drug-likeness (QED) is 0.258. The van der Waals surface area contributed by atoms with Crippen LogP contribution in [-0.2, 0) is 17.7 Å². The summed E-state index contributed by atoms with van der Waals surface area (Å²) >= 11 is 0. The van der Waals surface area contributed by atoms with Gasteiger partial charge < -0.3 is 13.9 Å². The van der Waals surface area contributed by atoms with Crippen LogP contribution in [0.25, 0.3) is 33.6 Å². The number of pyridine rings is 1. The van der Waals surface area contributed by atoms with Crippen LogP contribution in [0.1, 0.15) is 41.9 Å². The number of methoxy groups -OCH3 is 1. The summed E-state index contributed by atoms with van der Waals surface area (Å²) in [6.07, 6.45) is 2.89. The molecule has 1 fully saturated rings. The van der Waals surface area contributed by atoms with Gasteiger partial charge in [0.05, 0.1) is 30.4 Å². The maximum Gasteiger partial charge on any atom is 0.338 e. The van der Waals surface area contributed by atoms with Gasteiger partial charge in [0.2, 0.25) is 0 Å². The first kappa shape index (κ1) is 22.2. The number of hydrogen-bond acceptors (Lipinski definition) is 4. The lowest BCUT2D eigenvalue weighted by Gasteiger charge is -2.17. The maximum atomic E-state index is 15.2. The number of esters is 1. The first-order valence-electron chi connectivity index (χ1n) is 11.1. The van der Waals surface area contributed by atoms with Crippen LogP contribution in [0.15, 0.2) is 43.0 Å². The van der Waals surface area contributed by atoms with E-state index < -0.39 is 24.3 Å². The first-order valence-corrected chi connectivity index (χ1v) is 11.1. The van der Waals surface area contributed by atoms with Crippen LogP contribution >= 0.6 is 0 Å². The number of alkyl halides is 2. The van der Waals surface area contributed by atoms with E-state index in [4.69, 9.17) is 4.74 Å². The van der Waals surface area contributed by atoms with Crippen LogP contribution < -0.4 is 0 Å². The Morgan fingerprint density at radius 2 is 2.03 bits per heavy atom. The summed E-state index contributed by atoms with van der Waals surface area (Å²) in [5.41, 5.74) is 2.11. The number of ether oxygens (including phenoxy) is 1. The molecule has 3 heterocycles. The van der Waals surface area contributed by atoms with Gasteiger partial charge in [0.15, 0.2) is 5.82 Å². The average molecular weight is 468 g/mol. The van der Waals surface area contributed by atoms with Gasteiger partial charge in [-0.1, -0.05) is 13.5 Å². The van der Waals surface area contributed by atoms with E-state index in [2.05, 4.69) is 16.5 Å². The van der Waals surface area contributed by atoms with E-state index >= 15 is 4.39 Å². The second kappa shape index (κ2) is 8.00. The molecule has 0 radical (unpaired) electrons.